The Hall–Kier alpha value is -1.43. The van der Waals surface area contributed by atoms with Gasteiger partial charge in [0.1, 0.15) is 0 Å². The minimum absolute atomic E-state index is 0.0264. The Kier molecular flexibility index (Phi) is 6.36. The fourth-order valence-electron chi connectivity index (χ4n) is 2.88. The normalized spacial score (nSPS) is 20.0. The van der Waals surface area contributed by atoms with Gasteiger partial charge in [0, 0.05) is 20.2 Å². The van der Waals surface area contributed by atoms with Crippen molar-refractivity contribution in [2.45, 2.75) is 32.6 Å². The predicted molar refractivity (Wildman–Crippen MR) is 85.2 cm³/mol. The van der Waals surface area contributed by atoms with Gasteiger partial charge in [-0.1, -0.05) is 24.3 Å². The number of carbonyl (C=O) groups is 1. The first-order valence-corrected chi connectivity index (χ1v) is 7.83. The largest absolute Gasteiger partial charge is 0.393 e. The molecule has 1 aliphatic heterocycles. The molecule has 5 nitrogen and oxygen atoms in total. The van der Waals surface area contributed by atoms with Crippen molar-refractivity contribution >= 4 is 5.91 Å². The van der Waals surface area contributed by atoms with E-state index in [4.69, 9.17) is 4.74 Å². The van der Waals surface area contributed by atoms with Crippen LogP contribution >= 0.6 is 0 Å². The molecule has 1 aromatic rings. The van der Waals surface area contributed by atoms with Crippen LogP contribution in [0, 0.1) is 5.92 Å². The first-order valence-electron chi connectivity index (χ1n) is 7.83. The molecule has 1 fully saturated rings. The van der Waals surface area contributed by atoms with E-state index in [1.165, 1.54) is 0 Å². The van der Waals surface area contributed by atoms with Crippen molar-refractivity contribution in [3.63, 3.8) is 0 Å². The number of rotatable bonds is 7. The molecule has 1 heterocycles. The topological polar surface area (TPSA) is 61.8 Å². The maximum Gasteiger partial charge on any atom is 0.234 e. The number of aliphatic hydroxyl groups is 1. The van der Waals surface area contributed by atoms with E-state index in [0.717, 1.165) is 30.6 Å². The van der Waals surface area contributed by atoms with Crippen LogP contribution in [-0.4, -0.2) is 48.8 Å². The van der Waals surface area contributed by atoms with Gasteiger partial charge in [0.15, 0.2) is 0 Å². The van der Waals surface area contributed by atoms with E-state index < -0.39 is 0 Å². The van der Waals surface area contributed by atoms with E-state index in [1.807, 2.05) is 31.2 Å². The molecule has 0 radical (unpaired) electrons. The maximum atomic E-state index is 12.1. The number of ether oxygens (including phenoxy) is 1. The monoisotopic (exact) mass is 306 g/mol. The Labute approximate surface area is 132 Å². The Morgan fingerprint density at radius 1 is 1.45 bits per heavy atom. The molecule has 0 spiro atoms. The highest BCUT2D eigenvalue weighted by molar-refractivity contribution is 5.78. The van der Waals surface area contributed by atoms with E-state index in [1.54, 1.807) is 7.11 Å². The molecular weight excluding hydrogens is 280 g/mol. The second-order valence-corrected chi connectivity index (χ2v) is 6.00. The number of hydrogen-bond acceptors (Lipinski definition) is 4. The van der Waals surface area contributed by atoms with Crippen molar-refractivity contribution in [2.75, 3.05) is 26.7 Å². The Morgan fingerprint density at radius 2 is 2.18 bits per heavy atom. The van der Waals surface area contributed by atoms with Gasteiger partial charge < -0.3 is 15.2 Å². The Bertz CT molecular complexity index is 491. The molecule has 0 aromatic heterocycles. The second-order valence-electron chi connectivity index (χ2n) is 6.00. The number of carbonyl (C=O) groups excluding carboxylic acids is 1. The Balaban J connectivity index is 1.79. The summed E-state index contributed by atoms with van der Waals surface area (Å²) in [6.45, 7) is 4.96. The molecule has 122 valence electrons. The molecule has 1 aliphatic rings. The summed E-state index contributed by atoms with van der Waals surface area (Å²) in [5.74, 6) is 0.314. The predicted octanol–water partition coefficient (Wildman–Crippen LogP) is 1.15. The van der Waals surface area contributed by atoms with Crippen LogP contribution in [0.2, 0.25) is 0 Å². The third-order valence-corrected chi connectivity index (χ3v) is 4.25. The zero-order chi connectivity index (χ0) is 15.9. The van der Waals surface area contributed by atoms with Crippen LogP contribution in [0.25, 0.3) is 0 Å². The Morgan fingerprint density at radius 3 is 2.82 bits per heavy atom. The average Bonchev–Trinajstić information content (AvgIpc) is 2.95. The van der Waals surface area contributed by atoms with Crippen LogP contribution in [0.3, 0.4) is 0 Å². The fraction of sp³-hybridized carbons (Fsp3) is 0.588. The van der Waals surface area contributed by atoms with Crippen molar-refractivity contribution in [3.05, 3.63) is 35.4 Å². The van der Waals surface area contributed by atoms with Crippen molar-refractivity contribution in [2.24, 2.45) is 5.92 Å². The highest BCUT2D eigenvalue weighted by Gasteiger charge is 2.26. The third-order valence-electron chi connectivity index (χ3n) is 4.25. The average molecular weight is 306 g/mol. The molecule has 2 unspecified atom stereocenters. The van der Waals surface area contributed by atoms with Gasteiger partial charge in [-0.05, 0) is 36.9 Å². The van der Waals surface area contributed by atoms with Gasteiger partial charge in [-0.15, -0.1) is 0 Å². The van der Waals surface area contributed by atoms with E-state index in [9.17, 15) is 9.90 Å². The number of amides is 1. The number of hydrogen-bond donors (Lipinski definition) is 2. The van der Waals surface area contributed by atoms with E-state index in [0.29, 0.717) is 19.7 Å². The highest BCUT2D eigenvalue weighted by Crippen LogP contribution is 2.19. The number of aliphatic hydroxyl groups excluding tert-OH is 1. The molecule has 0 saturated carbocycles. The van der Waals surface area contributed by atoms with Gasteiger partial charge in [0.05, 0.1) is 19.3 Å². The molecule has 2 atom stereocenters. The molecule has 5 heteroatoms. The lowest BCUT2D eigenvalue weighted by molar-refractivity contribution is -0.122. The lowest BCUT2D eigenvalue weighted by Crippen LogP contribution is -2.36. The van der Waals surface area contributed by atoms with Gasteiger partial charge in [0.25, 0.3) is 0 Å². The summed E-state index contributed by atoms with van der Waals surface area (Å²) in [6, 6.07) is 7.96. The van der Waals surface area contributed by atoms with Crippen LogP contribution in [0.1, 0.15) is 24.5 Å². The van der Waals surface area contributed by atoms with Crippen LogP contribution in [0.15, 0.2) is 24.3 Å². The number of likely N-dealkylation sites (tertiary alicyclic amines) is 1. The van der Waals surface area contributed by atoms with Crippen molar-refractivity contribution in [1.82, 2.24) is 10.2 Å². The van der Waals surface area contributed by atoms with E-state index in [-0.39, 0.29) is 17.9 Å². The highest BCUT2D eigenvalue weighted by atomic mass is 16.5. The minimum Gasteiger partial charge on any atom is -0.393 e. The molecular formula is C17H26N2O3. The van der Waals surface area contributed by atoms with E-state index in [2.05, 4.69) is 10.2 Å². The number of nitrogens with zero attached hydrogens (tertiary/aromatic N) is 1. The summed E-state index contributed by atoms with van der Waals surface area (Å²) < 4.78 is 5.17. The van der Waals surface area contributed by atoms with Crippen molar-refractivity contribution in [3.8, 4) is 0 Å². The summed E-state index contributed by atoms with van der Waals surface area (Å²) in [5, 5.41) is 12.6. The smallest absolute Gasteiger partial charge is 0.234 e. The number of benzene rings is 1. The first kappa shape index (κ1) is 16.9. The quantitative estimate of drug-likeness (QED) is 0.793. The first-order chi connectivity index (χ1) is 10.6. The molecule has 1 amide bonds. The molecule has 22 heavy (non-hydrogen) atoms. The number of nitrogens with one attached hydrogen (secondary N) is 1. The minimum atomic E-state index is -0.297. The maximum absolute atomic E-state index is 12.1. The van der Waals surface area contributed by atoms with Crippen LogP contribution in [-0.2, 0) is 22.7 Å². The van der Waals surface area contributed by atoms with Crippen LogP contribution < -0.4 is 5.32 Å². The lowest BCUT2D eigenvalue weighted by atomic mass is 10.0. The molecule has 2 N–H and O–H groups in total. The second kappa shape index (κ2) is 8.27. The zero-order valence-electron chi connectivity index (χ0n) is 13.4. The summed E-state index contributed by atoms with van der Waals surface area (Å²) in [5.41, 5.74) is 2.18. The number of methoxy groups -OCH3 is 1. The van der Waals surface area contributed by atoms with Gasteiger partial charge in [-0.2, -0.15) is 0 Å². The molecule has 0 bridgehead atoms. The van der Waals surface area contributed by atoms with Crippen molar-refractivity contribution < 1.29 is 14.6 Å². The summed E-state index contributed by atoms with van der Waals surface area (Å²) in [4.78, 5) is 14.2. The summed E-state index contributed by atoms with van der Waals surface area (Å²) >= 11 is 0. The summed E-state index contributed by atoms with van der Waals surface area (Å²) in [7, 11) is 1.67. The molecule has 2 rings (SSSR count). The van der Waals surface area contributed by atoms with Gasteiger partial charge in [-0.25, -0.2) is 0 Å². The zero-order valence-corrected chi connectivity index (χ0v) is 13.4. The van der Waals surface area contributed by atoms with Gasteiger partial charge >= 0.3 is 0 Å². The van der Waals surface area contributed by atoms with Gasteiger partial charge in [-0.3, -0.25) is 9.69 Å². The van der Waals surface area contributed by atoms with Crippen molar-refractivity contribution in [1.29, 1.82) is 0 Å². The molecule has 0 aliphatic carbocycles. The standard InChI is InChI=1S/C17H26N2O3/c1-13(20)15-7-8-19(10-15)11-17(21)18-9-14-5-3-4-6-16(14)12-22-2/h3-6,13,15,20H,7-12H2,1-2H3,(H,18,21). The third kappa shape index (κ3) is 4.80. The molecule has 1 saturated heterocycles. The van der Waals surface area contributed by atoms with Crippen LogP contribution in [0.5, 0.6) is 0 Å². The SMILES string of the molecule is COCc1ccccc1CNC(=O)CN1CCC(C(C)O)C1. The fourth-order valence-corrected chi connectivity index (χ4v) is 2.88. The molecule has 1 aromatic carbocycles. The van der Waals surface area contributed by atoms with Gasteiger partial charge in [0.2, 0.25) is 5.91 Å². The van der Waals surface area contributed by atoms with Crippen LogP contribution in [0.4, 0.5) is 0 Å². The van der Waals surface area contributed by atoms with E-state index >= 15 is 0 Å². The summed E-state index contributed by atoms with van der Waals surface area (Å²) in [6.07, 6.45) is 0.663. The lowest BCUT2D eigenvalue weighted by Gasteiger charge is -2.17.